The first kappa shape index (κ1) is 20.9. The zero-order chi connectivity index (χ0) is 21.1. The molecule has 5 atom stereocenters. The van der Waals surface area contributed by atoms with Gasteiger partial charge in [-0.3, -0.25) is 4.79 Å². The highest BCUT2D eigenvalue weighted by molar-refractivity contribution is 5.84. The molecule has 160 valence electrons. The summed E-state index contributed by atoms with van der Waals surface area (Å²) in [5.74, 6) is 2.43. The fourth-order valence-electron chi connectivity index (χ4n) is 5.61. The highest BCUT2D eigenvalue weighted by Gasteiger charge is 2.45. The molecule has 4 rings (SSSR count). The molecule has 0 bridgehead atoms. The van der Waals surface area contributed by atoms with Crippen molar-refractivity contribution in [2.24, 2.45) is 17.8 Å². The number of rotatable bonds is 7. The van der Waals surface area contributed by atoms with E-state index in [4.69, 9.17) is 4.74 Å². The van der Waals surface area contributed by atoms with E-state index >= 15 is 0 Å². The van der Waals surface area contributed by atoms with Crippen molar-refractivity contribution in [1.82, 2.24) is 10.6 Å². The molecule has 0 spiro atoms. The van der Waals surface area contributed by atoms with Crippen molar-refractivity contribution in [1.29, 1.82) is 0 Å². The molecule has 1 saturated carbocycles. The summed E-state index contributed by atoms with van der Waals surface area (Å²) >= 11 is 0. The molecule has 2 aromatic carbocycles. The van der Waals surface area contributed by atoms with Gasteiger partial charge in [-0.25, -0.2) is 0 Å². The normalized spacial score (nSPS) is 26.4. The largest absolute Gasteiger partial charge is 0.496 e. The second-order valence-corrected chi connectivity index (χ2v) is 9.18. The molecule has 1 saturated heterocycles. The molecule has 1 heterocycles. The van der Waals surface area contributed by atoms with Crippen LogP contribution >= 0.6 is 0 Å². The number of ether oxygens (including phenoxy) is 1. The molecule has 1 unspecified atom stereocenters. The molecule has 2 N–H and O–H groups in total. The van der Waals surface area contributed by atoms with Gasteiger partial charge in [0.2, 0.25) is 5.91 Å². The molecule has 2 aliphatic rings. The summed E-state index contributed by atoms with van der Waals surface area (Å²) in [6.07, 6.45) is 3.22. The van der Waals surface area contributed by atoms with Crippen molar-refractivity contribution in [3.8, 4) is 5.75 Å². The number of amides is 1. The van der Waals surface area contributed by atoms with E-state index in [1.165, 1.54) is 12.0 Å². The van der Waals surface area contributed by atoms with E-state index in [-0.39, 0.29) is 23.8 Å². The molecule has 1 aliphatic carbocycles. The summed E-state index contributed by atoms with van der Waals surface area (Å²) in [7, 11) is 1.74. The fraction of sp³-hybridized carbons (Fsp3) is 0.500. The van der Waals surface area contributed by atoms with Crippen LogP contribution in [0, 0.1) is 17.8 Å². The average molecular weight is 407 g/mol. The number of methoxy groups -OCH3 is 1. The Balaban J connectivity index is 1.41. The van der Waals surface area contributed by atoms with E-state index in [0.717, 1.165) is 30.7 Å². The molecule has 2 fully saturated rings. The van der Waals surface area contributed by atoms with Gasteiger partial charge in [-0.2, -0.15) is 0 Å². The first-order valence-corrected chi connectivity index (χ1v) is 11.3. The van der Waals surface area contributed by atoms with Crippen LogP contribution in [0.5, 0.6) is 5.75 Å². The Morgan fingerprint density at radius 2 is 1.80 bits per heavy atom. The number of nitrogens with one attached hydrogen (secondary N) is 2. The summed E-state index contributed by atoms with van der Waals surface area (Å²) in [5.41, 5.74) is 2.37. The molecular formula is C26H34N2O2. The lowest BCUT2D eigenvalue weighted by molar-refractivity contribution is -0.124. The number of carbonyl (C=O) groups is 1. The van der Waals surface area contributed by atoms with E-state index in [2.05, 4.69) is 48.7 Å². The van der Waals surface area contributed by atoms with Gasteiger partial charge in [-0.1, -0.05) is 62.4 Å². The lowest BCUT2D eigenvalue weighted by atomic mass is 9.86. The SMILES string of the molecule is COc1ccccc1C[C@@H]1NC[C@@H]2[C@@H]1CC[C@@H]2NC(=O)C(c1ccccc1)C(C)C. The van der Waals surface area contributed by atoms with Gasteiger partial charge < -0.3 is 15.4 Å². The second-order valence-electron chi connectivity index (χ2n) is 9.18. The summed E-state index contributed by atoms with van der Waals surface area (Å²) in [6, 6.07) is 19.2. The van der Waals surface area contributed by atoms with Crippen LogP contribution in [0.4, 0.5) is 0 Å². The molecule has 2 aromatic rings. The van der Waals surface area contributed by atoms with Crippen molar-refractivity contribution >= 4 is 5.91 Å². The van der Waals surface area contributed by atoms with Gasteiger partial charge >= 0.3 is 0 Å². The summed E-state index contributed by atoms with van der Waals surface area (Å²) in [4.78, 5) is 13.2. The number of hydrogen-bond acceptors (Lipinski definition) is 3. The van der Waals surface area contributed by atoms with Crippen molar-refractivity contribution in [3.63, 3.8) is 0 Å². The lowest BCUT2D eigenvalue weighted by Crippen LogP contribution is -2.42. The minimum Gasteiger partial charge on any atom is -0.496 e. The highest BCUT2D eigenvalue weighted by atomic mass is 16.5. The van der Waals surface area contributed by atoms with Gasteiger partial charge in [0, 0.05) is 18.6 Å². The number of fused-ring (bicyclic) bond motifs is 1. The predicted octanol–water partition coefficient (Wildman–Crippen LogP) is 4.16. The Morgan fingerprint density at radius 1 is 1.07 bits per heavy atom. The van der Waals surface area contributed by atoms with E-state index in [0.29, 0.717) is 17.9 Å². The maximum absolute atomic E-state index is 13.2. The molecule has 1 aliphatic heterocycles. The van der Waals surface area contributed by atoms with Crippen LogP contribution in [0.15, 0.2) is 54.6 Å². The second kappa shape index (κ2) is 9.22. The Hall–Kier alpha value is -2.33. The van der Waals surface area contributed by atoms with Crippen molar-refractivity contribution in [2.45, 2.75) is 51.1 Å². The van der Waals surface area contributed by atoms with Crippen molar-refractivity contribution in [3.05, 3.63) is 65.7 Å². The van der Waals surface area contributed by atoms with Crippen molar-refractivity contribution < 1.29 is 9.53 Å². The molecule has 0 radical (unpaired) electrons. The van der Waals surface area contributed by atoms with Crippen LogP contribution in [0.25, 0.3) is 0 Å². The summed E-state index contributed by atoms with van der Waals surface area (Å²) in [5, 5.41) is 7.17. The fourth-order valence-corrected chi connectivity index (χ4v) is 5.61. The standard InChI is InChI=1S/C26H34N2O2/c1-17(2)25(18-9-5-4-6-10-18)26(29)28-22-14-13-20-21(22)16-27-23(20)15-19-11-7-8-12-24(19)30-3/h4-12,17,20-23,25,27H,13-16H2,1-3H3,(H,28,29)/t20-,21+,22-,23-,25?/m0/s1. The summed E-state index contributed by atoms with van der Waals surface area (Å²) < 4.78 is 5.55. The number of hydrogen-bond donors (Lipinski definition) is 2. The van der Waals surface area contributed by atoms with E-state index in [9.17, 15) is 4.79 Å². The number of benzene rings is 2. The molecule has 0 aromatic heterocycles. The maximum Gasteiger partial charge on any atom is 0.228 e. The van der Waals surface area contributed by atoms with Gasteiger partial charge in [0.15, 0.2) is 0 Å². The topological polar surface area (TPSA) is 50.4 Å². The lowest BCUT2D eigenvalue weighted by Gasteiger charge is -2.26. The molecule has 1 amide bonds. The maximum atomic E-state index is 13.2. The average Bonchev–Trinajstić information content (AvgIpc) is 3.32. The van der Waals surface area contributed by atoms with E-state index in [1.54, 1.807) is 7.11 Å². The third-order valence-electron chi connectivity index (χ3n) is 7.08. The third-order valence-corrected chi connectivity index (χ3v) is 7.08. The predicted molar refractivity (Wildman–Crippen MR) is 121 cm³/mol. The summed E-state index contributed by atoms with van der Waals surface area (Å²) in [6.45, 7) is 5.25. The monoisotopic (exact) mass is 406 g/mol. The number of carbonyl (C=O) groups excluding carboxylic acids is 1. The van der Waals surface area contributed by atoms with E-state index in [1.807, 2.05) is 30.3 Å². The molecule has 30 heavy (non-hydrogen) atoms. The minimum atomic E-state index is -0.0935. The first-order chi connectivity index (χ1) is 14.6. The Labute approximate surface area is 180 Å². The van der Waals surface area contributed by atoms with Crippen LogP contribution in [0.1, 0.15) is 43.7 Å². The van der Waals surface area contributed by atoms with Crippen LogP contribution < -0.4 is 15.4 Å². The third kappa shape index (κ3) is 4.24. The number of para-hydroxylation sites is 1. The smallest absolute Gasteiger partial charge is 0.228 e. The Bertz CT molecular complexity index is 851. The van der Waals surface area contributed by atoms with Crippen LogP contribution in [0.3, 0.4) is 0 Å². The zero-order valence-electron chi connectivity index (χ0n) is 18.3. The highest BCUT2D eigenvalue weighted by Crippen LogP contribution is 2.40. The van der Waals surface area contributed by atoms with Gasteiger partial charge in [0.05, 0.1) is 13.0 Å². The minimum absolute atomic E-state index is 0.0935. The van der Waals surface area contributed by atoms with Crippen LogP contribution in [0.2, 0.25) is 0 Å². The van der Waals surface area contributed by atoms with Gasteiger partial charge in [-0.15, -0.1) is 0 Å². The van der Waals surface area contributed by atoms with Gasteiger partial charge in [0.1, 0.15) is 5.75 Å². The Morgan fingerprint density at radius 3 is 2.53 bits per heavy atom. The Kier molecular flexibility index (Phi) is 6.43. The first-order valence-electron chi connectivity index (χ1n) is 11.3. The quantitative estimate of drug-likeness (QED) is 0.726. The zero-order valence-corrected chi connectivity index (χ0v) is 18.3. The molecule has 4 heteroatoms. The molecule has 4 nitrogen and oxygen atoms in total. The van der Waals surface area contributed by atoms with Crippen molar-refractivity contribution in [2.75, 3.05) is 13.7 Å². The van der Waals surface area contributed by atoms with Gasteiger partial charge in [-0.05, 0) is 54.2 Å². The van der Waals surface area contributed by atoms with Crippen LogP contribution in [-0.4, -0.2) is 31.6 Å². The molecular weight excluding hydrogens is 372 g/mol. The van der Waals surface area contributed by atoms with Gasteiger partial charge in [0.25, 0.3) is 0 Å². The van der Waals surface area contributed by atoms with E-state index < -0.39 is 0 Å². The van der Waals surface area contributed by atoms with Crippen LogP contribution in [-0.2, 0) is 11.2 Å².